The summed E-state index contributed by atoms with van der Waals surface area (Å²) in [6, 6.07) is -0.791. The van der Waals surface area contributed by atoms with Gasteiger partial charge >= 0.3 is 0 Å². The number of nitrogens with two attached hydrogens (primary N) is 1. The molecule has 0 aromatic carbocycles. The van der Waals surface area contributed by atoms with Crippen LogP contribution < -0.4 is 5.73 Å². The van der Waals surface area contributed by atoms with Crippen molar-refractivity contribution in [3.63, 3.8) is 0 Å². The molecule has 0 spiro atoms. The van der Waals surface area contributed by atoms with Gasteiger partial charge in [-0.2, -0.15) is 0 Å². The van der Waals surface area contributed by atoms with Gasteiger partial charge in [-0.15, -0.1) is 0 Å². The van der Waals surface area contributed by atoms with Crippen molar-refractivity contribution in [2.75, 3.05) is 0 Å². The molecule has 1 aliphatic carbocycles. The minimum Gasteiger partial charge on any atom is -0.385 e. The zero-order valence-corrected chi connectivity index (χ0v) is 8.18. The van der Waals surface area contributed by atoms with E-state index in [-0.39, 0.29) is 0 Å². The van der Waals surface area contributed by atoms with Crippen LogP contribution in [0.25, 0.3) is 0 Å². The van der Waals surface area contributed by atoms with Crippen LogP contribution in [0.15, 0.2) is 23.8 Å². The molecule has 0 bridgehead atoms. The Kier molecular flexibility index (Phi) is 2.73. The Labute approximate surface area is 82.1 Å². The summed E-state index contributed by atoms with van der Waals surface area (Å²) in [6.45, 7) is 3.12. The first-order chi connectivity index (χ1) is 6.41. The highest BCUT2D eigenvalue weighted by Gasteiger charge is 2.51. The van der Waals surface area contributed by atoms with Crippen LogP contribution in [0.1, 0.15) is 13.8 Å². The van der Waals surface area contributed by atoms with Gasteiger partial charge in [-0.25, -0.2) is 0 Å². The molecule has 5 nitrogen and oxygen atoms in total. The molecule has 3 unspecified atom stereocenters. The second kappa shape index (κ2) is 3.51. The summed E-state index contributed by atoms with van der Waals surface area (Å²) in [4.78, 5) is 10.4. The SMILES string of the molecule is CC1=CC(C(C)O)([N+](=O)[O-])C(N)C=C1. The van der Waals surface area contributed by atoms with E-state index in [1.54, 1.807) is 19.1 Å². The average Bonchev–Trinajstić information content (AvgIpc) is 2.08. The average molecular weight is 198 g/mol. The number of nitrogens with zero attached hydrogens (tertiary/aromatic N) is 1. The van der Waals surface area contributed by atoms with E-state index in [1.807, 2.05) is 0 Å². The summed E-state index contributed by atoms with van der Waals surface area (Å²) in [5.74, 6) is 0. The molecule has 0 aromatic heterocycles. The Morgan fingerprint density at radius 1 is 1.79 bits per heavy atom. The van der Waals surface area contributed by atoms with Crippen LogP contribution in [0.4, 0.5) is 0 Å². The summed E-state index contributed by atoms with van der Waals surface area (Å²) in [6.07, 6.45) is 3.56. The highest BCUT2D eigenvalue weighted by molar-refractivity contribution is 5.32. The van der Waals surface area contributed by atoms with E-state index in [2.05, 4.69) is 0 Å². The molecule has 0 radical (unpaired) electrons. The van der Waals surface area contributed by atoms with Crippen LogP contribution in [-0.2, 0) is 0 Å². The minimum absolute atomic E-state index is 0.519. The van der Waals surface area contributed by atoms with Crippen LogP contribution in [0, 0.1) is 10.1 Å². The van der Waals surface area contributed by atoms with E-state index in [1.165, 1.54) is 13.0 Å². The second-order valence-electron chi connectivity index (χ2n) is 3.59. The van der Waals surface area contributed by atoms with Crippen molar-refractivity contribution in [2.45, 2.75) is 31.5 Å². The van der Waals surface area contributed by atoms with E-state index >= 15 is 0 Å². The predicted octanol–water partition coefficient (Wildman–Crippen LogP) is 0.226. The largest absolute Gasteiger partial charge is 0.385 e. The van der Waals surface area contributed by atoms with Crippen LogP contribution >= 0.6 is 0 Å². The molecule has 3 atom stereocenters. The second-order valence-corrected chi connectivity index (χ2v) is 3.59. The fourth-order valence-electron chi connectivity index (χ4n) is 1.64. The molecule has 3 N–H and O–H groups in total. The van der Waals surface area contributed by atoms with Gasteiger partial charge in [0.25, 0.3) is 5.54 Å². The maximum Gasteiger partial charge on any atom is 0.284 e. The minimum atomic E-state index is -1.58. The maximum atomic E-state index is 11.0. The lowest BCUT2D eigenvalue weighted by Gasteiger charge is -2.31. The van der Waals surface area contributed by atoms with Crippen molar-refractivity contribution in [1.29, 1.82) is 0 Å². The topological polar surface area (TPSA) is 89.4 Å². The zero-order chi connectivity index (χ0) is 10.9. The third-order valence-corrected chi connectivity index (χ3v) is 2.54. The van der Waals surface area contributed by atoms with Crippen LogP contribution in [0.5, 0.6) is 0 Å². The summed E-state index contributed by atoms with van der Waals surface area (Å²) >= 11 is 0. The van der Waals surface area contributed by atoms with Gasteiger partial charge in [0.2, 0.25) is 0 Å². The van der Waals surface area contributed by atoms with E-state index in [9.17, 15) is 15.2 Å². The quantitative estimate of drug-likeness (QED) is 0.491. The summed E-state index contributed by atoms with van der Waals surface area (Å²) in [7, 11) is 0. The molecule has 0 amide bonds. The van der Waals surface area contributed by atoms with Gasteiger partial charge in [-0.1, -0.05) is 12.2 Å². The van der Waals surface area contributed by atoms with E-state index < -0.39 is 22.6 Å². The Morgan fingerprint density at radius 2 is 2.36 bits per heavy atom. The van der Waals surface area contributed by atoms with E-state index in [4.69, 9.17) is 5.73 Å². The molecule has 0 fully saturated rings. The van der Waals surface area contributed by atoms with Gasteiger partial charge in [0.15, 0.2) is 0 Å². The number of rotatable bonds is 2. The van der Waals surface area contributed by atoms with Crippen molar-refractivity contribution in [3.8, 4) is 0 Å². The first kappa shape index (κ1) is 10.9. The van der Waals surface area contributed by atoms with Gasteiger partial charge in [-0.3, -0.25) is 10.1 Å². The molecular formula is C9H14N2O3. The number of nitro groups is 1. The Balaban J connectivity index is 3.22. The monoisotopic (exact) mass is 198 g/mol. The first-order valence-corrected chi connectivity index (χ1v) is 4.37. The van der Waals surface area contributed by atoms with Crippen molar-refractivity contribution >= 4 is 0 Å². The lowest BCUT2D eigenvalue weighted by atomic mass is 9.81. The van der Waals surface area contributed by atoms with Gasteiger partial charge in [-0.05, 0) is 25.5 Å². The fourth-order valence-corrected chi connectivity index (χ4v) is 1.64. The Bertz CT molecular complexity index is 309. The number of hydrogen-bond acceptors (Lipinski definition) is 4. The fraction of sp³-hybridized carbons (Fsp3) is 0.556. The zero-order valence-electron chi connectivity index (χ0n) is 8.18. The molecule has 78 valence electrons. The summed E-state index contributed by atoms with van der Waals surface area (Å²) in [5, 5.41) is 20.4. The summed E-state index contributed by atoms with van der Waals surface area (Å²) < 4.78 is 0. The number of aliphatic hydroxyl groups is 1. The molecule has 0 saturated heterocycles. The lowest BCUT2D eigenvalue weighted by molar-refractivity contribution is -0.568. The van der Waals surface area contributed by atoms with Crippen LogP contribution in [0.2, 0.25) is 0 Å². The third kappa shape index (κ3) is 1.44. The Hall–Kier alpha value is -1.20. The molecule has 0 aliphatic heterocycles. The predicted molar refractivity (Wildman–Crippen MR) is 52.3 cm³/mol. The third-order valence-electron chi connectivity index (χ3n) is 2.54. The smallest absolute Gasteiger partial charge is 0.284 e. The van der Waals surface area contributed by atoms with Gasteiger partial charge < -0.3 is 10.8 Å². The molecule has 0 aromatic rings. The van der Waals surface area contributed by atoms with Gasteiger partial charge in [0.05, 0.1) is 0 Å². The lowest BCUT2D eigenvalue weighted by Crippen LogP contribution is -2.59. The maximum absolute atomic E-state index is 11.0. The Morgan fingerprint density at radius 3 is 2.71 bits per heavy atom. The van der Waals surface area contributed by atoms with E-state index in [0.29, 0.717) is 0 Å². The number of allylic oxidation sites excluding steroid dienone is 2. The van der Waals surface area contributed by atoms with Crippen molar-refractivity contribution in [3.05, 3.63) is 33.9 Å². The number of aliphatic hydroxyl groups excluding tert-OH is 1. The molecule has 1 rings (SSSR count). The summed E-state index contributed by atoms with van der Waals surface area (Å²) in [5.41, 5.74) is 4.80. The van der Waals surface area contributed by atoms with Gasteiger partial charge in [0, 0.05) is 4.92 Å². The normalized spacial score (nSPS) is 33.7. The molecule has 5 heteroatoms. The van der Waals surface area contributed by atoms with E-state index in [0.717, 1.165) is 5.57 Å². The molecule has 0 heterocycles. The van der Waals surface area contributed by atoms with Crippen molar-refractivity contribution in [2.24, 2.45) is 5.73 Å². The first-order valence-electron chi connectivity index (χ1n) is 4.37. The van der Waals surface area contributed by atoms with Crippen molar-refractivity contribution < 1.29 is 10.0 Å². The van der Waals surface area contributed by atoms with Gasteiger partial charge in [0.1, 0.15) is 12.1 Å². The highest BCUT2D eigenvalue weighted by Crippen LogP contribution is 2.27. The van der Waals surface area contributed by atoms with Crippen LogP contribution in [0.3, 0.4) is 0 Å². The highest BCUT2D eigenvalue weighted by atomic mass is 16.6. The van der Waals surface area contributed by atoms with Crippen molar-refractivity contribution in [1.82, 2.24) is 0 Å². The van der Waals surface area contributed by atoms with Crippen LogP contribution in [-0.4, -0.2) is 27.7 Å². The molecule has 0 saturated carbocycles. The molecular weight excluding hydrogens is 184 g/mol. The number of hydrogen-bond donors (Lipinski definition) is 2. The standard InChI is InChI=1S/C9H14N2O3/c1-6-3-4-8(10)9(5-6,7(2)12)11(13)14/h3-5,7-8,12H,10H2,1-2H3. The molecule has 1 aliphatic rings. The molecule has 14 heavy (non-hydrogen) atoms.